The lowest BCUT2D eigenvalue weighted by Gasteiger charge is -2.07. The summed E-state index contributed by atoms with van der Waals surface area (Å²) in [5.74, 6) is -0.0994. The van der Waals surface area contributed by atoms with E-state index >= 15 is 0 Å². The molecule has 0 saturated heterocycles. The van der Waals surface area contributed by atoms with Gasteiger partial charge in [-0.05, 0) is 25.5 Å². The van der Waals surface area contributed by atoms with Crippen LogP contribution in [-0.2, 0) is 9.53 Å². The number of allylic oxidation sites excluding steroid dienone is 1. The zero-order chi connectivity index (χ0) is 13.7. The van der Waals surface area contributed by atoms with Gasteiger partial charge < -0.3 is 4.74 Å². The lowest BCUT2D eigenvalue weighted by Crippen LogP contribution is -2.19. The molecule has 4 heteroatoms. The van der Waals surface area contributed by atoms with Crippen molar-refractivity contribution in [2.24, 2.45) is 10.9 Å². The molecule has 1 aliphatic heterocycles. The summed E-state index contributed by atoms with van der Waals surface area (Å²) in [6.07, 6.45) is 2.52. The third-order valence-electron chi connectivity index (χ3n) is 2.89. The summed E-state index contributed by atoms with van der Waals surface area (Å²) in [6, 6.07) is 9.64. The minimum absolute atomic E-state index is 0.139. The van der Waals surface area contributed by atoms with Crippen molar-refractivity contribution in [3.8, 4) is 0 Å². The van der Waals surface area contributed by atoms with E-state index in [2.05, 4.69) is 11.6 Å². The van der Waals surface area contributed by atoms with Gasteiger partial charge in [-0.3, -0.25) is 4.99 Å². The molecule has 1 heterocycles. The summed E-state index contributed by atoms with van der Waals surface area (Å²) >= 11 is 1.59. The number of benzene rings is 1. The number of carbonyl (C=O) groups excluding carboxylic acids is 1. The van der Waals surface area contributed by atoms with Gasteiger partial charge in [0.1, 0.15) is 6.04 Å². The number of esters is 1. The van der Waals surface area contributed by atoms with Gasteiger partial charge in [0.15, 0.2) is 0 Å². The van der Waals surface area contributed by atoms with Crippen LogP contribution in [0.25, 0.3) is 0 Å². The van der Waals surface area contributed by atoms with E-state index in [-0.39, 0.29) is 17.9 Å². The Hall–Kier alpha value is -1.55. The number of thioether (sulfide) groups is 1. The van der Waals surface area contributed by atoms with Crippen molar-refractivity contribution >= 4 is 22.8 Å². The van der Waals surface area contributed by atoms with Crippen LogP contribution in [0.4, 0.5) is 0 Å². The lowest BCUT2D eigenvalue weighted by atomic mass is 10.1. The molecule has 100 valence electrons. The molecule has 0 amide bonds. The fourth-order valence-corrected chi connectivity index (χ4v) is 3.00. The second kappa shape index (κ2) is 6.57. The molecule has 0 bridgehead atoms. The van der Waals surface area contributed by atoms with Gasteiger partial charge in [-0.25, -0.2) is 4.79 Å². The highest BCUT2D eigenvalue weighted by atomic mass is 32.2. The van der Waals surface area contributed by atoms with Crippen LogP contribution in [0.1, 0.15) is 13.3 Å². The van der Waals surface area contributed by atoms with Crippen molar-refractivity contribution in [3.63, 3.8) is 0 Å². The molecule has 2 unspecified atom stereocenters. The predicted molar refractivity (Wildman–Crippen MR) is 78.5 cm³/mol. The minimum atomic E-state index is -0.380. The Kier molecular flexibility index (Phi) is 4.80. The highest BCUT2D eigenvalue weighted by Crippen LogP contribution is 2.32. The summed E-state index contributed by atoms with van der Waals surface area (Å²) < 4.78 is 5.03. The Morgan fingerprint density at radius 1 is 1.53 bits per heavy atom. The van der Waals surface area contributed by atoms with Crippen LogP contribution in [0, 0.1) is 5.92 Å². The number of nitrogens with zero attached hydrogens (tertiary/aromatic N) is 1. The van der Waals surface area contributed by atoms with Gasteiger partial charge in [0.2, 0.25) is 0 Å². The molecule has 0 N–H and O–H groups in total. The lowest BCUT2D eigenvalue weighted by molar-refractivity contribution is -0.144. The fraction of sp³-hybridized carbons (Fsp3) is 0.333. The first kappa shape index (κ1) is 13.9. The van der Waals surface area contributed by atoms with Crippen LogP contribution in [0.5, 0.6) is 0 Å². The Morgan fingerprint density at radius 3 is 2.89 bits per heavy atom. The van der Waals surface area contributed by atoms with E-state index in [1.165, 1.54) is 0 Å². The number of aliphatic imine (C=N–C) groups is 1. The van der Waals surface area contributed by atoms with E-state index in [9.17, 15) is 4.79 Å². The largest absolute Gasteiger partial charge is 0.464 e. The van der Waals surface area contributed by atoms with Crippen LogP contribution in [0.3, 0.4) is 0 Å². The molecule has 0 radical (unpaired) electrons. The second-order valence-electron chi connectivity index (χ2n) is 4.23. The molecule has 1 aliphatic rings. The molecule has 1 aromatic rings. The first-order chi connectivity index (χ1) is 9.24. The third kappa shape index (κ3) is 3.47. The number of carbonyl (C=O) groups is 1. The smallest absolute Gasteiger partial charge is 0.330 e. The average Bonchev–Trinajstić information content (AvgIpc) is 2.83. The minimum Gasteiger partial charge on any atom is -0.464 e. The van der Waals surface area contributed by atoms with Gasteiger partial charge in [0.05, 0.1) is 11.7 Å². The number of hydrogen-bond acceptors (Lipinski definition) is 4. The molecule has 2 rings (SSSR count). The number of hydrogen-bond donors (Lipinski definition) is 0. The predicted octanol–water partition coefficient (Wildman–Crippen LogP) is 3.31. The molecule has 0 saturated carbocycles. The highest BCUT2D eigenvalue weighted by molar-refractivity contribution is 8.14. The zero-order valence-corrected chi connectivity index (χ0v) is 11.7. The Balaban J connectivity index is 2.10. The maximum Gasteiger partial charge on any atom is 0.330 e. The average molecular weight is 275 g/mol. The van der Waals surface area contributed by atoms with Gasteiger partial charge >= 0.3 is 5.97 Å². The van der Waals surface area contributed by atoms with Crippen molar-refractivity contribution in [1.29, 1.82) is 0 Å². The molecule has 19 heavy (non-hydrogen) atoms. The fourth-order valence-electron chi connectivity index (χ4n) is 1.94. The van der Waals surface area contributed by atoms with Crippen LogP contribution >= 0.6 is 11.8 Å². The molecule has 2 atom stereocenters. The zero-order valence-electron chi connectivity index (χ0n) is 10.9. The van der Waals surface area contributed by atoms with E-state index in [1.807, 2.05) is 36.4 Å². The third-order valence-corrected chi connectivity index (χ3v) is 4.01. The first-order valence-electron chi connectivity index (χ1n) is 6.34. The van der Waals surface area contributed by atoms with Crippen molar-refractivity contribution in [1.82, 2.24) is 0 Å². The Morgan fingerprint density at radius 2 is 2.26 bits per heavy atom. The topological polar surface area (TPSA) is 38.7 Å². The van der Waals surface area contributed by atoms with Gasteiger partial charge in [0.25, 0.3) is 0 Å². The van der Waals surface area contributed by atoms with Gasteiger partial charge in [0, 0.05) is 10.8 Å². The van der Waals surface area contributed by atoms with E-state index in [1.54, 1.807) is 18.7 Å². The summed E-state index contributed by atoms with van der Waals surface area (Å²) in [7, 11) is 0. The van der Waals surface area contributed by atoms with Crippen molar-refractivity contribution < 1.29 is 9.53 Å². The quantitative estimate of drug-likeness (QED) is 0.625. The van der Waals surface area contributed by atoms with Crippen molar-refractivity contribution in [3.05, 3.63) is 43.0 Å². The molecule has 0 spiro atoms. The molecular weight excluding hydrogens is 258 g/mol. The molecule has 0 aromatic heterocycles. The van der Waals surface area contributed by atoms with Gasteiger partial charge in [-0.1, -0.05) is 36.0 Å². The molecule has 1 aromatic carbocycles. The van der Waals surface area contributed by atoms with Crippen LogP contribution < -0.4 is 0 Å². The summed E-state index contributed by atoms with van der Waals surface area (Å²) in [5, 5.41) is 0.944. The summed E-state index contributed by atoms with van der Waals surface area (Å²) in [6.45, 7) is 6.03. The van der Waals surface area contributed by atoms with Gasteiger partial charge in [-0.15, -0.1) is 6.58 Å². The maximum atomic E-state index is 11.7. The standard InChI is InChI=1S/C15H17NO2S/c1-3-11-10-13(15(17)18-4-2)16-14(11)19-12-8-6-5-7-9-12/h3,5-9,11,13H,1,4,10H2,2H3. The van der Waals surface area contributed by atoms with Crippen LogP contribution in [-0.4, -0.2) is 23.7 Å². The monoisotopic (exact) mass is 275 g/mol. The Labute approximate surface area is 117 Å². The molecule has 0 aliphatic carbocycles. The summed E-state index contributed by atoms with van der Waals surface area (Å²) in [4.78, 5) is 17.3. The normalized spacial score (nSPS) is 21.8. The van der Waals surface area contributed by atoms with Crippen molar-refractivity contribution in [2.45, 2.75) is 24.3 Å². The Bertz CT molecular complexity index is 484. The maximum absolute atomic E-state index is 11.7. The highest BCUT2D eigenvalue weighted by Gasteiger charge is 2.32. The summed E-state index contributed by atoms with van der Waals surface area (Å²) in [5.41, 5.74) is 0. The second-order valence-corrected chi connectivity index (χ2v) is 5.32. The SMILES string of the molecule is C=CC1CC(C(=O)OCC)N=C1Sc1ccccc1. The van der Waals surface area contributed by atoms with Gasteiger partial charge in [-0.2, -0.15) is 0 Å². The van der Waals surface area contributed by atoms with E-state index in [0.717, 1.165) is 9.94 Å². The molecule has 3 nitrogen and oxygen atoms in total. The number of ether oxygens (including phenoxy) is 1. The van der Waals surface area contributed by atoms with E-state index in [4.69, 9.17) is 4.74 Å². The van der Waals surface area contributed by atoms with Crippen LogP contribution in [0.15, 0.2) is 52.9 Å². The van der Waals surface area contributed by atoms with Crippen LogP contribution in [0.2, 0.25) is 0 Å². The molecular formula is C15H17NO2S. The van der Waals surface area contributed by atoms with E-state index < -0.39 is 0 Å². The van der Waals surface area contributed by atoms with E-state index in [0.29, 0.717) is 13.0 Å². The first-order valence-corrected chi connectivity index (χ1v) is 7.16. The van der Waals surface area contributed by atoms with Crippen molar-refractivity contribution in [2.75, 3.05) is 6.61 Å². The molecule has 0 fully saturated rings. The number of rotatable bonds is 4.